The van der Waals surface area contributed by atoms with Gasteiger partial charge in [0.05, 0.1) is 12.3 Å². The van der Waals surface area contributed by atoms with Crippen molar-refractivity contribution in [1.29, 1.82) is 0 Å². The second-order valence-corrected chi connectivity index (χ2v) is 8.69. The Morgan fingerprint density at radius 1 is 1.32 bits per heavy atom. The van der Waals surface area contributed by atoms with Crippen LogP contribution in [0, 0.1) is 5.41 Å². The molecule has 1 aliphatic carbocycles. The molecule has 162 valence electrons. The van der Waals surface area contributed by atoms with Crippen molar-refractivity contribution < 1.29 is 9.90 Å². The molecule has 3 aromatic heterocycles. The quantitative estimate of drug-likeness (QED) is 0.467. The fourth-order valence-electron chi connectivity index (χ4n) is 3.92. The molecule has 0 fully saturated rings. The largest absolute Gasteiger partial charge is 0.395 e. The number of H-pyrrole nitrogens is 1. The molecule has 0 unspecified atom stereocenters. The number of aliphatic hydroxyl groups excluding tert-OH is 1. The standard InChI is InChI=1S/C23H28N6O2/c1-23(2)6-5-17-19(12-23)28-29-21(17)16-10-18(22(31)25-8-9-30)27-20(11-16)26-14-15-4-3-7-24-13-15/h3-4,7,10-11,13,30H,5-6,8-9,12,14H2,1-2H3,(H,25,31)(H,26,27)(H,28,29). The van der Waals surface area contributed by atoms with Gasteiger partial charge >= 0.3 is 0 Å². The lowest BCUT2D eigenvalue weighted by molar-refractivity contribution is 0.0940. The average Bonchev–Trinajstić information content (AvgIpc) is 3.18. The number of nitrogens with zero attached hydrogens (tertiary/aromatic N) is 3. The van der Waals surface area contributed by atoms with Gasteiger partial charge in [0.2, 0.25) is 0 Å². The van der Waals surface area contributed by atoms with Crippen LogP contribution in [0.3, 0.4) is 0 Å². The summed E-state index contributed by atoms with van der Waals surface area (Å²) in [5, 5.41) is 22.8. The molecule has 8 heteroatoms. The van der Waals surface area contributed by atoms with E-state index in [0.29, 0.717) is 12.4 Å². The summed E-state index contributed by atoms with van der Waals surface area (Å²) in [6, 6.07) is 7.55. The highest BCUT2D eigenvalue weighted by molar-refractivity contribution is 5.94. The molecule has 31 heavy (non-hydrogen) atoms. The second-order valence-electron chi connectivity index (χ2n) is 8.69. The first-order chi connectivity index (χ1) is 14.9. The van der Waals surface area contributed by atoms with Gasteiger partial charge in [-0.25, -0.2) is 4.98 Å². The van der Waals surface area contributed by atoms with E-state index >= 15 is 0 Å². The molecule has 0 spiro atoms. The van der Waals surface area contributed by atoms with Crippen molar-refractivity contribution in [3.8, 4) is 11.3 Å². The number of aromatic amines is 1. The first-order valence-electron chi connectivity index (χ1n) is 10.6. The molecule has 4 rings (SSSR count). The number of fused-ring (bicyclic) bond motifs is 1. The molecule has 0 bridgehead atoms. The molecular weight excluding hydrogens is 392 g/mol. The Balaban J connectivity index is 1.66. The topological polar surface area (TPSA) is 116 Å². The van der Waals surface area contributed by atoms with E-state index in [1.807, 2.05) is 18.2 Å². The van der Waals surface area contributed by atoms with Crippen molar-refractivity contribution in [2.24, 2.45) is 5.41 Å². The van der Waals surface area contributed by atoms with E-state index in [4.69, 9.17) is 5.11 Å². The molecule has 0 saturated carbocycles. The van der Waals surface area contributed by atoms with E-state index in [2.05, 4.69) is 44.6 Å². The molecule has 0 radical (unpaired) electrons. The van der Waals surface area contributed by atoms with Crippen LogP contribution in [-0.4, -0.2) is 44.3 Å². The van der Waals surface area contributed by atoms with Crippen LogP contribution >= 0.6 is 0 Å². The van der Waals surface area contributed by atoms with Crippen molar-refractivity contribution in [1.82, 2.24) is 25.5 Å². The maximum Gasteiger partial charge on any atom is 0.270 e. The number of aromatic nitrogens is 4. The molecule has 8 nitrogen and oxygen atoms in total. The van der Waals surface area contributed by atoms with E-state index < -0.39 is 0 Å². The molecule has 3 heterocycles. The Bertz CT molecular complexity index is 1060. The lowest BCUT2D eigenvalue weighted by atomic mass is 9.76. The fraction of sp³-hybridized carbons (Fsp3) is 0.391. The zero-order valence-electron chi connectivity index (χ0n) is 17.9. The molecule has 0 aromatic carbocycles. The van der Waals surface area contributed by atoms with Crippen molar-refractivity contribution in [3.63, 3.8) is 0 Å². The smallest absolute Gasteiger partial charge is 0.270 e. The van der Waals surface area contributed by atoms with Crippen LogP contribution in [-0.2, 0) is 19.4 Å². The van der Waals surface area contributed by atoms with Gasteiger partial charge in [0.1, 0.15) is 11.5 Å². The molecular formula is C23H28N6O2. The van der Waals surface area contributed by atoms with Gasteiger partial charge < -0.3 is 15.7 Å². The third-order valence-electron chi connectivity index (χ3n) is 5.59. The zero-order valence-corrected chi connectivity index (χ0v) is 17.9. The van der Waals surface area contributed by atoms with Gasteiger partial charge in [-0.05, 0) is 48.4 Å². The zero-order chi connectivity index (χ0) is 21.8. The van der Waals surface area contributed by atoms with Crippen LogP contribution in [0.25, 0.3) is 11.3 Å². The highest BCUT2D eigenvalue weighted by atomic mass is 16.3. The number of hydrogen-bond acceptors (Lipinski definition) is 6. The molecule has 1 aliphatic rings. The van der Waals surface area contributed by atoms with Crippen LogP contribution in [0.15, 0.2) is 36.7 Å². The summed E-state index contributed by atoms with van der Waals surface area (Å²) in [5.41, 5.74) is 5.64. The van der Waals surface area contributed by atoms with Crippen LogP contribution in [0.5, 0.6) is 0 Å². The van der Waals surface area contributed by atoms with Gasteiger partial charge in [0.25, 0.3) is 5.91 Å². The highest BCUT2D eigenvalue weighted by Crippen LogP contribution is 2.38. The summed E-state index contributed by atoms with van der Waals surface area (Å²) >= 11 is 0. The van der Waals surface area contributed by atoms with Crippen LogP contribution in [0.2, 0.25) is 0 Å². The van der Waals surface area contributed by atoms with Crippen molar-refractivity contribution in [2.75, 3.05) is 18.5 Å². The number of rotatable bonds is 7. The summed E-state index contributed by atoms with van der Waals surface area (Å²) < 4.78 is 0. The summed E-state index contributed by atoms with van der Waals surface area (Å²) in [5.74, 6) is 0.259. The molecule has 1 amide bonds. The summed E-state index contributed by atoms with van der Waals surface area (Å²) in [6.07, 6.45) is 6.51. The molecule has 0 atom stereocenters. The number of carbonyl (C=O) groups excluding carboxylic acids is 1. The minimum Gasteiger partial charge on any atom is -0.395 e. The third kappa shape index (κ3) is 4.91. The molecule has 0 saturated heterocycles. The third-order valence-corrected chi connectivity index (χ3v) is 5.59. The Hall–Kier alpha value is -3.26. The number of amides is 1. The van der Waals surface area contributed by atoms with E-state index in [1.165, 1.54) is 11.3 Å². The summed E-state index contributed by atoms with van der Waals surface area (Å²) in [4.78, 5) is 21.2. The number of nitrogens with one attached hydrogen (secondary N) is 3. The monoisotopic (exact) mass is 420 g/mol. The number of hydrogen-bond donors (Lipinski definition) is 4. The van der Waals surface area contributed by atoms with Crippen LogP contribution in [0.1, 0.15) is 47.6 Å². The van der Waals surface area contributed by atoms with Crippen molar-refractivity contribution in [3.05, 3.63) is 59.2 Å². The second kappa shape index (κ2) is 8.85. The SMILES string of the molecule is CC1(C)CCc2c(-c3cc(NCc4cccnc4)nc(C(=O)NCCO)c3)n[nH]c2C1. The van der Waals surface area contributed by atoms with Gasteiger partial charge in [0.15, 0.2) is 0 Å². The molecule has 0 aliphatic heterocycles. The Morgan fingerprint density at radius 3 is 2.97 bits per heavy atom. The predicted octanol–water partition coefficient (Wildman–Crippen LogP) is 2.72. The van der Waals surface area contributed by atoms with E-state index in [0.717, 1.165) is 36.1 Å². The lowest BCUT2D eigenvalue weighted by Gasteiger charge is -2.29. The minimum absolute atomic E-state index is 0.125. The van der Waals surface area contributed by atoms with Gasteiger partial charge in [-0.15, -0.1) is 0 Å². The summed E-state index contributed by atoms with van der Waals surface area (Å²) in [7, 11) is 0. The summed E-state index contributed by atoms with van der Waals surface area (Å²) in [6.45, 7) is 5.13. The van der Waals surface area contributed by atoms with Gasteiger partial charge in [-0.3, -0.25) is 14.9 Å². The maximum atomic E-state index is 12.6. The Kier molecular flexibility index (Phi) is 5.99. The van der Waals surface area contributed by atoms with E-state index in [1.54, 1.807) is 18.5 Å². The van der Waals surface area contributed by atoms with Gasteiger partial charge in [-0.1, -0.05) is 19.9 Å². The predicted molar refractivity (Wildman–Crippen MR) is 119 cm³/mol. The first-order valence-corrected chi connectivity index (χ1v) is 10.6. The van der Waals surface area contributed by atoms with Gasteiger partial charge in [-0.2, -0.15) is 5.10 Å². The van der Waals surface area contributed by atoms with E-state index in [-0.39, 0.29) is 30.2 Å². The first kappa shape index (κ1) is 21.0. The Labute approximate surface area is 181 Å². The normalized spacial score (nSPS) is 14.7. The Morgan fingerprint density at radius 2 is 2.19 bits per heavy atom. The number of pyridine rings is 2. The van der Waals surface area contributed by atoms with Crippen molar-refractivity contribution in [2.45, 2.75) is 39.7 Å². The highest BCUT2D eigenvalue weighted by Gasteiger charge is 2.29. The number of anilines is 1. The molecule has 3 aromatic rings. The van der Waals surface area contributed by atoms with Crippen LogP contribution in [0.4, 0.5) is 5.82 Å². The number of aliphatic hydroxyl groups is 1. The average molecular weight is 421 g/mol. The maximum absolute atomic E-state index is 12.6. The lowest BCUT2D eigenvalue weighted by Crippen LogP contribution is -2.27. The minimum atomic E-state index is -0.328. The fourth-order valence-corrected chi connectivity index (χ4v) is 3.92. The van der Waals surface area contributed by atoms with E-state index in [9.17, 15) is 4.79 Å². The van der Waals surface area contributed by atoms with Crippen LogP contribution < -0.4 is 10.6 Å². The number of carbonyl (C=O) groups is 1. The van der Waals surface area contributed by atoms with Crippen molar-refractivity contribution >= 4 is 11.7 Å². The molecule has 4 N–H and O–H groups in total. The van der Waals surface area contributed by atoms with Gasteiger partial charge in [0, 0.05) is 42.3 Å².